The van der Waals surface area contributed by atoms with Crippen LogP contribution in [0, 0.1) is 27.7 Å². The molecule has 0 aliphatic carbocycles. The van der Waals surface area contributed by atoms with E-state index < -0.39 is 12.0 Å². The lowest BCUT2D eigenvalue weighted by atomic mass is 10.1. The second-order valence-electron chi connectivity index (χ2n) is 8.47. The van der Waals surface area contributed by atoms with Crippen LogP contribution >= 0.6 is 0 Å². The maximum absolute atomic E-state index is 13.0. The number of methoxy groups -OCH3 is 1. The van der Waals surface area contributed by atoms with Crippen molar-refractivity contribution in [3.8, 4) is 5.69 Å². The van der Waals surface area contributed by atoms with Crippen LogP contribution in [0.15, 0.2) is 54.2 Å². The second-order valence-corrected chi connectivity index (χ2v) is 8.47. The minimum absolute atomic E-state index is 0.211. The summed E-state index contributed by atoms with van der Waals surface area (Å²) in [7, 11) is 1.36. The molecule has 34 heavy (non-hydrogen) atoms. The Hall–Kier alpha value is -4.13. The molecule has 2 aromatic carbocycles. The average molecular weight is 458 g/mol. The molecule has 1 aliphatic rings. The van der Waals surface area contributed by atoms with Crippen molar-refractivity contribution in [2.75, 3.05) is 7.11 Å². The van der Waals surface area contributed by atoms with E-state index in [9.17, 15) is 14.4 Å². The highest BCUT2D eigenvalue weighted by atomic mass is 16.5. The maximum Gasteiger partial charge on any atom is 0.338 e. The summed E-state index contributed by atoms with van der Waals surface area (Å²) in [6.45, 7) is 7.96. The Morgan fingerprint density at radius 1 is 1.03 bits per heavy atom. The number of carbonyl (C=O) groups is 3. The third-order valence-corrected chi connectivity index (χ3v) is 6.11. The zero-order valence-electron chi connectivity index (χ0n) is 19.9. The van der Waals surface area contributed by atoms with E-state index in [4.69, 9.17) is 4.74 Å². The molecule has 1 fully saturated rings. The summed E-state index contributed by atoms with van der Waals surface area (Å²) in [5, 5.41) is 2.70. The molecule has 1 aliphatic heterocycles. The molecule has 3 amide bonds. The SMILES string of the molecule is COC(=O)c1cccc(-n2c(C)cc(/C=C3/NC(=O)N(Cc4cccc(C)c4)C3=O)c2C)c1C. The van der Waals surface area contributed by atoms with Gasteiger partial charge in [0.05, 0.1) is 19.2 Å². The summed E-state index contributed by atoms with van der Waals surface area (Å²) >= 11 is 0. The van der Waals surface area contributed by atoms with E-state index in [2.05, 4.69) is 5.32 Å². The van der Waals surface area contributed by atoms with Crippen molar-refractivity contribution in [3.63, 3.8) is 0 Å². The minimum Gasteiger partial charge on any atom is -0.465 e. The Morgan fingerprint density at radius 3 is 2.47 bits per heavy atom. The summed E-state index contributed by atoms with van der Waals surface area (Å²) < 4.78 is 6.93. The number of hydrogen-bond donors (Lipinski definition) is 1. The fraction of sp³-hybridized carbons (Fsp3) is 0.222. The molecular formula is C27H27N3O4. The molecule has 3 aromatic rings. The van der Waals surface area contributed by atoms with E-state index in [0.717, 1.165) is 39.3 Å². The number of nitrogens with one attached hydrogen (secondary N) is 1. The summed E-state index contributed by atoms with van der Waals surface area (Å²) in [5.74, 6) is -0.753. The Morgan fingerprint density at radius 2 is 1.76 bits per heavy atom. The molecule has 1 saturated heterocycles. The van der Waals surface area contributed by atoms with Gasteiger partial charge in [0.25, 0.3) is 5.91 Å². The Bertz CT molecular complexity index is 1350. The molecule has 174 valence electrons. The van der Waals surface area contributed by atoms with Crippen LogP contribution in [-0.4, -0.2) is 34.5 Å². The third kappa shape index (κ3) is 4.12. The number of aryl methyl sites for hydroxylation is 2. The first-order valence-corrected chi connectivity index (χ1v) is 11.0. The molecule has 0 saturated carbocycles. The van der Waals surface area contributed by atoms with Gasteiger partial charge in [0.1, 0.15) is 5.70 Å². The zero-order valence-corrected chi connectivity index (χ0v) is 19.9. The lowest BCUT2D eigenvalue weighted by Gasteiger charge is -2.15. The number of nitrogens with zero attached hydrogens (tertiary/aromatic N) is 2. The van der Waals surface area contributed by atoms with Gasteiger partial charge in [0.2, 0.25) is 0 Å². The van der Waals surface area contributed by atoms with E-state index in [0.29, 0.717) is 5.56 Å². The maximum atomic E-state index is 13.0. The van der Waals surface area contributed by atoms with Gasteiger partial charge >= 0.3 is 12.0 Å². The molecular weight excluding hydrogens is 430 g/mol. The van der Waals surface area contributed by atoms with Crippen LogP contribution in [0.2, 0.25) is 0 Å². The standard InChI is InChI=1S/C27H27N3O4/c1-16-8-6-9-20(12-16)15-29-25(31)23(28-27(29)33)14-21-13-17(2)30(19(21)4)24-11-7-10-22(18(24)3)26(32)34-5/h6-14H,15H2,1-5H3,(H,28,33)/b23-14+. The van der Waals surface area contributed by atoms with Crippen molar-refractivity contribution in [2.45, 2.75) is 34.2 Å². The van der Waals surface area contributed by atoms with E-state index in [1.165, 1.54) is 12.0 Å². The topological polar surface area (TPSA) is 80.6 Å². The first-order valence-electron chi connectivity index (χ1n) is 11.0. The summed E-state index contributed by atoms with van der Waals surface area (Å²) in [6.07, 6.45) is 1.70. The number of carbonyl (C=O) groups excluding carboxylic acids is 3. The van der Waals surface area contributed by atoms with Crippen molar-refractivity contribution in [2.24, 2.45) is 0 Å². The predicted octanol–water partition coefficient (Wildman–Crippen LogP) is 4.59. The molecule has 7 nitrogen and oxygen atoms in total. The van der Waals surface area contributed by atoms with Crippen LogP contribution in [-0.2, 0) is 16.1 Å². The molecule has 1 aromatic heterocycles. The van der Waals surface area contributed by atoms with Crippen LogP contribution in [0.25, 0.3) is 11.8 Å². The number of hydrogen-bond acceptors (Lipinski definition) is 4. The largest absolute Gasteiger partial charge is 0.465 e. The molecule has 0 spiro atoms. The molecule has 0 radical (unpaired) electrons. The Labute approximate surface area is 198 Å². The highest BCUT2D eigenvalue weighted by molar-refractivity contribution is 6.14. The van der Waals surface area contributed by atoms with Gasteiger partial charge in [-0.2, -0.15) is 0 Å². The van der Waals surface area contributed by atoms with E-state index >= 15 is 0 Å². The summed E-state index contributed by atoms with van der Waals surface area (Å²) in [6, 6.07) is 14.7. The number of amides is 3. The molecule has 4 rings (SSSR count). The molecule has 0 bridgehead atoms. The van der Waals surface area contributed by atoms with Gasteiger partial charge < -0.3 is 14.6 Å². The van der Waals surface area contributed by atoms with Gasteiger partial charge in [0.15, 0.2) is 0 Å². The summed E-state index contributed by atoms with van der Waals surface area (Å²) in [5.41, 5.74) is 6.97. The van der Waals surface area contributed by atoms with E-state index in [1.54, 1.807) is 12.1 Å². The zero-order chi connectivity index (χ0) is 24.6. The Balaban J connectivity index is 1.67. The highest BCUT2D eigenvalue weighted by Crippen LogP contribution is 2.27. The van der Waals surface area contributed by atoms with Crippen molar-refractivity contribution in [3.05, 3.63) is 93.4 Å². The van der Waals surface area contributed by atoms with Crippen LogP contribution in [0.5, 0.6) is 0 Å². The normalized spacial score (nSPS) is 14.6. The number of ether oxygens (including phenoxy) is 1. The number of aromatic nitrogens is 1. The van der Waals surface area contributed by atoms with Gasteiger partial charge in [-0.25, -0.2) is 9.59 Å². The molecule has 0 atom stereocenters. The van der Waals surface area contributed by atoms with Gasteiger partial charge in [-0.1, -0.05) is 35.9 Å². The minimum atomic E-state index is -0.437. The number of urea groups is 1. The number of benzene rings is 2. The summed E-state index contributed by atoms with van der Waals surface area (Å²) in [4.78, 5) is 38.9. The lowest BCUT2D eigenvalue weighted by Crippen LogP contribution is -2.30. The molecule has 1 N–H and O–H groups in total. The van der Waals surface area contributed by atoms with Crippen molar-refractivity contribution < 1.29 is 19.1 Å². The number of rotatable bonds is 5. The van der Waals surface area contributed by atoms with E-state index in [1.807, 2.05) is 74.7 Å². The monoisotopic (exact) mass is 457 g/mol. The van der Waals surface area contributed by atoms with Crippen LogP contribution in [0.3, 0.4) is 0 Å². The lowest BCUT2D eigenvalue weighted by molar-refractivity contribution is -0.123. The molecule has 0 unspecified atom stereocenters. The fourth-order valence-electron chi connectivity index (χ4n) is 4.37. The number of esters is 1. The fourth-order valence-corrected chi connectivity index (χ4v) is 4.37. The van der Waals surface area contributed by atoms with Crippen molar-refractivity contribution in [1.29, 1.82) is 0 Å². The van der Waals surface area contributed by atoms with Gasteiger partial charge in [0, 0.05) is 17.1 Å². The quantitative estimate of drug-likeness (QED) is 0.345. The first kappa shape index (κ1) is 23.0. The first-order chi connectivity index (χ1) is 16.2. The highest BCUT2D eigenvalue weighted by Gasteiger charge is 2.33. The van der Waals surface area contributed by atoms with Crippen molar-refractivity contribution >= 4 is 24.0 Å². The average Bonchev–Trinajstić information content (AvgIpc) is 3.22. The van der Waals surface area contributed by atoms with Crippen LogP contribution < -0.4 is 5.32 Å². The Kier molecular flexibility index (Phi) is 6.11. The predicted molar refractivity (Wildman–Crippen MR) is 130 cm³/mol. The molecule has 7 heteroatoms. The van der Waals surface area contributed by atoms with Gasteiger partial charge in [-0.05, 0) is 68.7 Å². The van der Waals surface area contributed by atoms with Crippen molar-refractivity contribution in [1.82, 2.24) is 14.8 Å². The van der Waals surface area contributed by atoms with Crippen LogP contribution in [0.1, 0.15) is 44.0 Å². The third-order valence-electron chi connectivity index (χ3n) is 6.11. The number of imide groups is 1. The van der Waals surface area contributed by atoms with Crippen LogP contribution in [0.4, 0.5) is 4.79 Å². The smallest absolute Gasteiger partial charge is 0.338 e. The van der Waals surface area contributed by atoms with Gasteiger partial charge in [-0.3, -0.25) is 9.69 Å². The second kappa shape index (κ2) is 9.02. The van der Waals surface area contributed by atoms with E-state index in [-0.39, 0.29) is 18.1 Å². The van der Waals surface area contributed by atoms with Gasteiger partial charge in [-0.15, -0.1) is 0 Å². The molecule has 2 heterocycles.